The van der Waals surface area contributed by atoms with Gasteiger partial charge in [-0.15, -0.1) is 0 Å². The first-order valence-electron chi connectivity index (χ1n) is 7.57. The second-order valence-corrected chi connectivity index (χ2v) is 7.82. The Morgan fingerprint density at radius 2 is 1.72 bits per heavy atom. The Hall–Kier alpha value is 0.230. The average Bonchev–Trinajstić information content (AvgIpc) is 2.98. The Morgan fingerprint density at radius 3 is 2.39 bits per heavy atom. The molecule has 0 aromatic rings. The lowest BCUT2D eigenvalue weighted by atomic mass is 10.0. The van der Waals surface area contributed by atoms with E-state index in [1.54, 1.807) is 0 Å². The lowest BCUT2D eigenvalue weighted by molar-refractivity contribution is 0.146. The van der Waals surface area contributed by atoms with E-state index in [1.807, 2.05) is 0 Å². The van der Waals surface area contributed by atoms with Gasteiger partial charge in [0.1, 0.15) is 0 Å². The summed E-state index contributed by atoms with van der Waals surface area (Å²) < 4.78 is 0. The number of piperidine rings is 1. The van der Waals surface area contributed by atoms with Crippen LogP contribution in [0.25, 0.3) is 0 Å². The summed E-state index contributed by atoms with van der Waals surface area (Å²) in [4.78, 5) is 5.46. The fraction of sp³-hybridized carbons (Fsp3) is 1.00. The minimum Gasteiger partial charge on any atom is -0.328 e. The number of rotatable bonds is 2. The van der Waals surface area contributed by atoms with Crippen LogP contribution in [0.2, 0.25) is 0 Å². The van der Waals surface area contributed by atoms with E-state index in [0.29, 0.717) is 6.04 Å². The first-order valence-corrected chi connectivity index (χ1v) is 8.62. The third-order valence-electron chi connectivity index (χ3n) is 4.98. The molecule has 3 atom stereocenters. The quantitative estimate of drug-likeness (QED) is 0.821. The number of thioether (sulfide) groups is 1. The highest BCUT2D eigenvalue weighted by Gasteiger charge is 2.35. The summed E-state index contributed by atoms with van der Waals surface area (Å²) in [5.41, 5.74) is 6.00. The van der Waals surface area contributed by atoms with Crippen molar-refractivity contribution in [2.24, 2.45) is 5.73 Å². The molecule has 2 N–H and O–H groups in total. The highest BCUT2D eigenvalue weighted by atomic mass is 32.2. The van der Waals surface area contributed by atoms with Crippen LogP contribution in [0.15, 0.2) is 0 Å². The first-order chi connectivity index (χ1) is 8.72. The number of nitrogens with zero attached hydrogens (tertiary/aromatic N) is 2. The van der Waals surface area contributed by atoms with E-state index in [1.165, 1.54) is 57.6 Å². The summed E-state index contributed by atoms with van der Waals surface area (Å²) >= 11 is 2.16. The predicted octanol–water partition coefficient (Wildman–Crippen LogP) is 1.38. The van der Waals surface area contributed by atoms with Crippen molar-refractivity contribution in [2.75, 3.05) is 31.9 Å². The van der Waals surface area contributed by atoms with Crippen molar-refractivity contribution in [3.63, 3.8) is 0 Å². The molecule has 0 saturated carbocycles. The third-order valence-corrected chi connectivity index (χ3v) is 6.32. The molecule has 3 aliphatic heterocycles. The van der Waals surface area contributed by atoms with Gasteiger partial charge in [0.2, 0.25) is 0 Å². The van der Waals surface area contributed by atoms with Gasteiger partial charge in [-0.1, -0.05) is 6.92 Å². The van der Waals surface area contributed by atoms with E-state index in [2.05, 4.69) is 28.5 Å². The molecular formula is C14H27N3S. The Balaban J connectivity index is 1.49. The van der Waals surface area contributed by atoms with Gasteiger partial charge < -0.3 is 5.73 Å². The van der Waals surface area contributed by atoms with Crippen molar-refractivity contribution in [3.05, 3.63) is 0 Å². The minimum absolute atomic E-state index is 0.464. The van der Waals surface area contributed by atoms with E-state index in [9.17, 15) is 0 Å². The second kappa shape index (κ2) is 5.70. The summed E-state index contributed by atoms with van der Waals surface area (Å²) in [6, 6.07) is 2.14. The summed E-state index contributed by atoms with van der Waals surface area (Å²) in [5, 5.41) is 0.877. The third kappa shape index (κ3) is 2.87. The maximum atomic E-state index is 6.00. The zero-order chi connectivity index (χ0) is 12.5. The summed E-state index contributed by atoms with van der Waals surface area (Å²) in [7, 11) is 0. The van der Waals surface area contributed by atoms with Crippen LogP contribution in [-0.4, -0.2) is 65.1 Å². The van der Waals surface area contributed by atoms with E-state index in [0.717, 1.165) is 17.3 Å². The van der Waals surface area contributed by atoms with Gasteiger partial charge in [0.25, 0.3) is 0 Å². The SMILES string of the molecule is CC1CC(N2CCC(N3CCC(N)CC3)C2)CS1. The van der Waals surface area contributed by atoms with E-state index in [4.69, 9.17) is 5.73 Å². The fourth-order valence-corrected chi connectivity index (χ4v) is 4.99. The number of nitrogens with two attached hydrogens (primary N) is 1. The Bertz CT molecular complexity index is 278. The zero-order valence-electron chi connectivity index (χ0n) is 11.6. The van der Waals surface area contributed by atoms with E-state index < -0.39 is 0 Å². The van der Waals surface area contributed by atoms with Crippen molar-refractivity contribution in [1.29, 1.82) is 0 Å². The van der Waals surface area contributed by atoms with Gasteiger partial charge in [-0.05, 0) is 38.8 Å². The van der Waals surface area contributed by atoms with Crippen LogP contribution < -0.4 is 5.73 Å². The molecule has 3 saturated heterocycles. The summed E-state index contributed by atoms with van der Waals surface area (Å²) in [6.45, 7) is 7.48. The molecule has 3 unspecified atom stereocenters. The van der Waals surface area contributed by atoms with Gasteiger partial charge in [-0.3, -0.25) is 9.80 Å². The summed E-state index contributed by atoms with van der Waals surface area (Å²) in [6.07, 6.45) is 5.19. The van der Waals surface area contributed by atoms with Crippen LogP contribution in [0.3, 0.4) is 0 Å². The molecule has 0 bridgehead atoms. The van der Waals surface area contributed by atoms with Gasteiger partial charge in [-0.25, -0.2) is 0 Å². The van der Waals surface area contributed by atoms with Crippen LogP contribution in [0.1, 0.15) is 32.6 Å². The van der Waals surface area contributed by atoms with Gasteiger partial charge in [0.05, 0.1) is 0 Å². The van der Waals surface area contributed by atoms with E-state index >= 15 is 0 Å². The van der Waals surface area contributed by atoms with Crippen LogP contribution in [-0.2, 0) is 0 Å². The molecule has 0 aromatic heterocycles. The van der Waals surface area contributed by atoms with Crippen molar-refractivity contribution in [2.45, 2.75) is 56.0 Å². The number of likely N-dealkylation sites (tertiary alicyclic amines) is 2. The molecule has 3 aliphatic rings. The Kier molecular flexibility index (Phi) is 4.18. The molecule has 104 valence electrons. The molecule has 3 fully saturated rings. The minimum atomic E-state index is 0.464. The molecule has 0 aliphatic carbocycles. The molecule has 4 heteroatoms. The average molecular weight is 269 g/mol. The Labute approximate surface area is 115 Å². The molecule has 0 aromatic carbocycles. The molecule has 3 rings (SSSR count). The molecule has 0 spiro atoms. The number of hydrogen-bond donors (Lipinski definition) is 1. The van der Waals surface area contributed by atoms with Crippen molar-refractivity contribution in [3.8, 4) is 0 Å². The van der Waals surface area contributed by atoms with Crippen LogP contribution in [0, 0.1) is 0 Å². The maximum Gasteiger partial charge on any atom is 0.0235 e. The fourth-order valence-electron chi connectivity index (χ4n) is 3.73. The molecule has 18 heavy (non-hydrogen) atoms. The van der Waals surface area contributed by atoms with Gasteiger partial charge in [-0.2, -0.15) is 11.8 Å². The molecule has 3 nitrogen and oxygen atoms in total. The van der Waals surface area contributed by atoms with Crippen molar-refractivity contribution < 1.29 is 0 Å². The highest BCUT2D eigenvalue weighted by molar-refractivity contribution is 8.00. The Morgan fingerprint density at radius 1 is 1.00 bits per heavy atom. The van der Waals surface area contributed by atoms with Crippen LogP contribution in [0.5, 0.6) is 0 Å². The molecule has 0 radical (unpaired) electrons. The topological polar surface area (TPSA) is 32.5 Å². The van der Waals surface area contributed by atoms with Crippen molar-refractivity contribution in [1.82, 2.24) is 9.80 Å². The molecular weight excluding hydrogens is 242 g/mol. The smallest absolute Gasteiger partial charge is 0.0235 e. The lowest BCUT2D eigenvalue weighted by Crippen LogP contribution is -2.46. The van der Waals surface area contributed by atoms with Crippen molar-refractivity contribution >= 4 is 11.8 Å². The van der Waals surface area contributed by atoms with Crippen LogP contribution >= 0.6 is 11.8 Å². The second-order valence-electron chi connectivity index (χ2n) is 6.34. The van der Waals surface area contributed by atoms with Gasteiger partial charge in [0, 0.05) is 42.2 Å². The summed E-state index contributed by atoms with van der Waals surface area (Å²) in [5.74, 6) is 1.36. The molecule has 3 heterocycles. The maximum absolute atomic E-state index is 6.00. The molecule has 0 amide bonds. The van der Waals surface area contributed by atoms with Gasteiger partial charge in [0.15, 0.2) is 0 Å². The largest absolute Gasteiger partial charge is 0.328 e. The predicted molar refractivity (Wildman–Crippen MR) is 79.1 cm³/mol. The zero-order valence-corrected chi connectivity index (χ0v) is 12.4. The van der Waals surface area contributed by atoms with Crippen LogP contribution in [0.4, 0.5) is 0 Å². The standard InChI is InChI=1S/C14H27N3S/c1-11-8-14(10-18-11)17-7-4-13(9-17)16-5-2-12(15)3-6-16/h11-14H,2-10,15H2,1H3. The highest BCUT2D eigenvalue weighted by Crippen LogP contribution is 2.32. The number of hydrogen-bond acceptors (Lipinski definition) is 4. The van der Waals surface area contributed by atoms with Gasteiger partial charge >= 0.3 is 0 Å². The van der Waals surface area contributed by atoms with E-state index in [-0.39, 0.29) is 0 Å². The monoisotopic (exact) mass is 269 g/mol. The normalized spacial score (nSPS) is 40.7. The lowest BCUT2D eigenvalue weighted by Gasteiger charge is -2.35. The first kappa shape index (κ1) is 13.2.